The van der Waals surface area contributed by atoms with Gasteiger partial charge in [0.15, 0.2) is 0 Å². The summed E-state index contributed by atoms with van der Waals surface area (Å²) >= 11 is 0. The smallest absolute Gasteiger partial charge is 0.315 e. The van der Waals surface area contributed by atoms with Crippen molar-refractivity contribution >= 4 is 6.03 Å². The molecule has 6 heteroatoms. The molecule has 130 valence electrons. The van der Waals surface area contributed by atoms with Crippen LogP contribution >= 0.6 is 0 Å². The highest BCUT2D eigenvalue weighted by Gasteiger charge is 2.21. The van der Waals surface area contributed by atoms with Crippen LogP contribution in [0.2, 0.25) is 0 Å². The van der Waals surface area contributed by atoms with Crippen molar-refractivity contribution in [1.29, 1.82) is 0 Å². The van der Waals surface area contributed by atoms with Gasteiger partial charge in [0.1, 0.15) is 0 Å². The second-order valence-electron chi connectivity index (χ2n) is 6.85. The maximum absolute atomic E-state index is 12.0. The zero-order valence-corrected chi connectivity index (χ0v) is 14.5. The first-order valence-electron chi connectivity index (χ1n) is 8.13. The molecule has 3 N–H and O–H groups in total. The minimum absolute atomic E-state index is 0.153. The Hall–Kier alpha value is -2.34. The molecule has 0 saturated carbocycles. The molecular weight excluding hydrogens is 304 g/mol. The lowest BCUT2D eigenvalue weighted by Crippen LogP contribution is -2.41. The van der Waals surface area contributed by atoms with Crippen molar-refractivity contribution in [2.45, 2.75) is 39.8 Å². The van der Waals surface area contributed by atoms with Crippen molar-refractivity contribution in [1.82, 2.24) is 20.2 Å². The van der Waals surface area contributed by atoms with Gasteiger partial charge in [0.25, 0.3) is 0 Å². The summed E-state index contributed by atoms with van der Waals surface area (Å²) in [5.41, 5.74) is 1.85. The van der Waals surface area contributed by atoms with Crippen LogP contribution in [0.15, 0.2) is 43.0 Å². The van der Waals surface area contributed by atoms with Crippen LogP contribution < -0.4 is 10.6 Å². The van der Waals surface area contributed by atoms with Crippen LogP contribution in [0.5, 0.6) is 0 Å². The highest BCUT2D eigenvalue weighted by Crippen LogP contribution is 2.21. The number of nitrogens with zero attached hydrogens (tertiary/aromatic N) is 2. The molecule has 0 spiro atoms. The van der Waals surface area contributed by atoms with Crippen LogP contribution in [0.25, 0.3) is 5.69 Å². The van der Waals surface area contributed by atoms with E-state index in [2.05, 4.69) is 15.6 Å². The Labute approximate surface area is 142 Å². The molecule has 6 nitrogen and oxygen atoms in total. The van der Waals surface area contributed by atoms with Crippen LogP contribution in [0.3, 0.4) is 0 Å². The molecule has 24 heavy (non-hydrogen) atoms. The Morgan fingerprint density at radius 2 is 2.08 bits per heavy atom. The summed E-state index contributed by atoms with van der Waals surface area (Å²) in [7, 11) is 0. The van der Waals surface area contributed by atoms with E-state index in [9.17, 15) is 9.90 Å². The molecule has 1 unspecified atom stereocenters. The first-order valence-corrected chi connectivity index (χ1v) is 8.13. The molecule has 1 atom stereocenters. The van der Waals surface area contributed by atoms with E-state index in [1.54, 1.807) is 19.4 Å². The summed E-state index contributed by atoms with van der Waals surface area (Å²) in [6.07, 6.45) is 5.58. The first kappa shape index (κ1) is 18.0. The van der Waals surface area contributed by atoms with Crippen molar-refractivity contribution in [3.63, 3.8) is 0 Å². The number of amides is 2. The highest BCUT2D eigenvalue weighted by atomic mass is 16.3. The fourth-order valence-electron chi connectivity index (χ4n) is 2.74. The standard InChI is InChI=1S/C18H26N4O2/c1-14(23)10-18(2,3)12-21-17(24)20-11-15-6-4-5-7-16(15)22-9-8-19-13-22/h4-9,13-14,23H,10-12H2,1-3H3,(H2,20,21,24). The number of rotatable bonds is 7. The van der Waals surface area contributed by atoms with E-state index in [1.807, 2.05) is 48.9 Å². The van der Waals surface area contributed by atoms with E-state index in [0.29, 0.717) is 19.5 Å². The number of para-hydroxylation sites is 1. The minimum atomic E-state index is -0.382. The van der Waals surface area contributed by atoms with Crippen molar-refractivity contribution in [3.8, 4) is 5.69 Å². The molecule has 0 bridgehead atoms. The van der Waals surface area contributed by atoms with E-state index in [0.717, 1.165) is 11.3 Å². The third-order valence-electron chi connectivity index (χ3n) is 3.79. The van der Waals surface area contributed by atoms with Gasteiger partial charge in [-0.1, -0.05) is 32.0 Å². The second kappa shape index (κ2) is 7.97. The molecule has 1 aromatic carbocycles. The summed E-state index contributed by atoms with van der Waals surface area (Å²) in [5.74, 6) is 0. The normalized spacial score (nSPS) is 12.7. The summed E-state index contributed by atoms with van der Waals surface area (Å²) in [5, 5.41) is 15.2. The molecule has 1 aromatic heterocycles. The molecule has 0 saturated heterocycles. The van der Waals surface area contributed by atoms with Crippen molar-refractivity contribution in [2.24, 2.45) is 5.41 Å². The zero-order chi connectivity index (χ0) is 17.6. The number of nitrogens with one attached hydrogen (secondary N) is 2. The minimum Gasteiger partial charge on any atom is -0.393 e. The summed E-state index contributed by atoms with van der Waals surface area (Å²) < 4.78 is 1.92. The van der Waals surface area contributed by atoms with Gasteiger partial charge in [0.05, 0.1) is 18.1 Å². The Bertz CT molecular complexity index is 651. The van der Waals surface area contributed by atoms with Crippen molar-refractivity contribution in [3.05, 3.63) is 48.5 Å². The van der Waals surface area contributed by atoms with Gasteiger partial charge in [-0.15, -0.1) is 0 Å². The van der Waals surface area contributed by atoms with Crippen LogP contribution in [0.4, 0.5) is 4.79 Å². The van der Waals surface area contributed by atoms with Gasteiger partial charge in [0, 0.05) is 25.5 Å². The number of hydrogen-bond acceptors (Lipinski definition) is 3. The predicted molar refractivity (Wildman–Crippen MR) is 93.9 cm³/mol. The zero-order valence-electron chi connectivity index (χ0n) is 14.5. The Kier molecular flexibility index (Phi) is 5.98. The number of imidazole rings is 1. The average Bonchev–Trinajstić information content (AvgIpc) is 3.04. The van der Waals surface area contributed by atoms with Gasteiger partial charge >= 0.3 is 6.03 Å². The number of aliphatic hydroxyl groups excluding tert-OH is 1. The van der Waals surface area contributed by atoms with E-state index in [-0.39, 0.29) is 17.6 Å². The lowest BCUT2D eigenvalue weighted by molar-refractivity contribution is 0.129. The third kappa shape index (κ3) is 5.38. The van der Waals surface area contributed by atoms with Gasteiger partial charge in [-0.25, -0.2) is 9.78 Å². The molecule has 1 heterocycles. The molecule has 0 aliphatic carbocycles. The number of carbonyl (C=O) groups excluding carboxylic acids is 1. The second-order valence-corrected chi connectivity index (χ2v) is 6.85. The largest absolute Gasteiger partial charge is 0.393 e. The predicted octanol–water partition coefficient (Wildman–Crippen LogP) is 2.47. The SMILES string of the molecule is CC(O)CC(C)(C)CNC(=O)NCc1ccccc1-n1ccnc1. The average molecular weight is 330 g/mol. The van der Waals surface area contributed by atoms with Crippen LogP contribution in [0, 0.1) is 5.41 Å². The topological polar surface area (TPSA) is 79.2 Å². The fraction of sp³-hybridized carbons (Fsp3) is 0.444. The number of urea groups is 1. The van der Waals surface area contributed by atoms with E-state index < -0.39 is 0 Å². The number of benzene rings is 1. The Morgan fingerprint density at radius 3 is 2.75 bits per heavy atom. The van der Waals surface area contributed by atoms with E-state index in [4.69, 9.17) is 0 Å². The number of aromatic nitrogens is 2. The fourth-order valence-corrected chi connectivity index (χ4v) is 2.74. The van der Waals surface area contributed by atoms with Crippen LogP contribution in [0.1, 0.15) is 32.8 Å². The van der Waals surface area contributed by atoms with E-state index >= 15 is 0 Å². The quantitative estimate of drug-likeness (QED) is 0.730. The van der Waals surface area contributed by atoms with Gasteiger partial charge in [-0.05, 0) is 30.4 Å². The maximum Gasteiger partial charge on any atom is 0.315 e. The molecular formula is C18H26N4O2. The summed E-state index contributed by atoms with van der Waals surface area (Å²) in [6, 6.07) is 7.66. The molecule has 0 fully saturated rings. The van der Waals surface area contributed by atoms with Crippen molar-refractivity contribution < 1.29 is 9.90 Å². The summed E-state index contributed by atoms with van der Waals surface area (Å²) in [4.78, 5) is 16.1. The highest BCUT2D eigenvalue weighted by molar-refractivity contribution is 5.74. The van der Waals surface area contributed by atoms with Crippen molar-refractivity contribution in [2.75, 3.05) is 6.54 Å². The number of aliphatic hydroxyl groups is 1. The lowest BCUT2D eigenvalue weighted by atomic mass is 9.87. The molecule has 0 radical (unpaired) electrons. The van der Waals surface area contributed by atoms with E-state index in [1.165, 1.54) is 0 Å². The van der Waals surface area contributed by atoms with Crippen LogP contribution in [-0.4, -0.2) is 33.3 Å². The number of carbonyl (C=O) groups is 1. The monoisotopic (exact) mass is 330 g/mol. The lowest BCUT2D eigenvalue weighted by Gasteiger charge is -2.26. The van der Waals surface area contributed by atoms with Crippen LogP contribution in [-0.2, 0) is 6.54 Å². The number of hydrogen-bond donors (Lipinski definition) is 3. The molecule has 2 aromatic rings. The Morgan fingerprint density at radius 1 is 1.33 bits per heavy atom. The molecule has 2 rings (SSSR count). The Balaban J connectivity index is 1.89. The molecule has 2 amide bonds. The maximum atomic E-state index is 12.0. The third-order valence-corrected chi connectivity index (χ3v) is 3.79. The molecule has 0 aliphatic rings. The summed E-state index contributed by atoms with van der Waals surface area (Å²) in [6.45, 7) is 6.74. The van der Waals surface area contributed by atoms with Gasteiger partial charge in [-0.3, -0.25) is 0 Å². The molecule has 0 aliphatic heterocycles. The van der Waals surface area contributed by atoms with Gasteiger partial charge in [0.2, 0.25) is 0 Å². The first-order chi connectivity index (χ1) is 11.4. The van der Waals surface area contributed by atoms with Gasteiger partial charge < -0.3 is 20.3 Å². The van der Waals surface area contributed by atoms with Gasteiger partial charge in [-0.2, -0.15) is 0 Å².